The number of aliphatic hydroxyl groups is 2. The molecule has 0 heterocycles. The fourth-order valence-electron chi connectivity index (χ4n) is 3.64. The summed E-state index contributed by atoms with van der Waals surface area (Å²) in [6, 6.07) is 0. The summed E-state index contributed by atoms with van der Waals surface area (Å²) < 4.78 is 0. The molecule has 4 atom stereocenters. The van der Waals surface area contributed by atoms with Crippen LogP contribution in [0.3, 0.4) is 0 Å². The summed E-state index contributed by atoms with van der Waals surface area (Å²) in [4.78, 5) is 0. The van der Waals surface area contributed by atoms with Crippen molar-refractivity contribution in [3.05, 3.63) is 36.5 Å². The maximum absolute atomic E-state index is 10.6. The number of hydrogen-bond donors (Lipinski definition) is 2. The lowest BCUT2D eigenvalue weighted by molar-refractivity contribution is 0.0798. The maximum atomic E-state index is 10.6. The molecule has 0 amide bonds. The van der Waals surface area contributed by atoms with Gasteiger partial charge in [0.25, 0.3) is 0 Å². The first-order chi connectivity index (χ1) is 11.8. The van der Waals surface area contributed by atoms with Crippen LogP contribution >= 0.6 is 0 Å². The van der Waals surface area contributed by atoms with Crippen LogP contribution in [0.2, 0.25) is 0 Å². The van der Waals surface area contributed by atoms with Crippen LogP contribution in [0.15, 0.2) is 36.5 Å². The SMILES string of the molecule is C=C1CC(O)[C@H](C=CC(O)C(C)(C)CCCC)C1CC=CCCCC. The molecular weight excluding hydrogens is 308 g/mol. The number of aliphatic hydroxyl groups excluding tert-OH is 2. The minimum atomic E-state index is -0.471. The fourth-order valence-corrected chi connectivity index (χ4v) is 3.64. The van der Waals surface area contributed by atoms with Gasteiger partial charge < -0.3 is 10.2 Å². The molecule has 0 aliphatic heterocycles. The smallest absolute Gasteiger partial charge is 0.0771 e. The lowest BCUT2D eigenvalue weighted by Gasteiger charge is -2.29. The Morgan fingerprint density at radius 1 is 1.20 bits per heavy atom. The second-order valence-corrected chi connectivity index (χ2v) is 8.38. The molecule has 0 bridgehead atoms. The van der Waals surface area contributed by atoms with Crippen LogP contribution in [0.5, 0.6) is 0 Å². The minimum Gasteiger partial charge on any atom is -0.392 e. The summed E-state index contributed by atoms with van der Waals surface area (Å²) in [5.41, 5.74) is 1.02. The molecule has 1 rings (SSSR count). The van der Waals surface area contributed by atoms with Crippen molar-refractivity contribution >= 4 is 0 Å². The van der Waals surface area contributed by atoms with Gasteiger partial charge in [-0.2, -0.15) is 0 Å². The van der Waals surface area contributed by atoms with Crippen LogP contribution in [0.4, 0.5) is 0 Å². The van der Waals surface area contributed by atoms with Gasteiger partial charge in [-0.25, -0.2) is 0 Å². The van der Waals surface area contributed by atoms with Crippen molar-refractivity contribution in [1.29, 1.82) is 0 Å². The van der Waals surface area contributed by atoms with Gasteiger partial charge in [0.05, 0.1) is 12.2 Å². The summed E-state index contributed by atoms with van der Waals surface area (Å²) in [6.45, 7) is 12.8. The first kappa shape index (κ1) is 22.2. The molecule has 0 spiro atoms. The molecule has 2 N–H and O–H groups in total. The molecule has 1 saturated carbocycles. The highest BCUT2D eigenvalue weighted by atomic mass is 16.3. The zero-order valence-electron chi connectivity index (χ0n) is 16.9. The van der Waals surface area contributed by atoms with Gasteiger partial charge >= 0.3 is 0 Å². The summed E-state index contributed by atoms with van der Waals surface area (Å²) >= 11 is 0. The topological polar surface area (TPSA) is 40.5 Å². The van der Waals surface area contributed by atoms with E-state index in [0.29, 0.717) is 6.42 Å². The molecule has 0 aromatic rings. The zero-order chi connectivity index (χ0) is 18.9. The number of hydrogen-bond acceptors (Lipinski definition) is 2. The van der Waals surface area contributed by atoms with Crippen LogP contribution in [0, 0.1) is 17.3 Å². The van der Waals surface area contributed by atoms with Crippen molar-refractivity contribution in [2.75, 3.05) is 0 Å². The van der Waals surface area contributed by atoms with Crippen LogP contribution in [-0.2, 0) is 0 Å². The van der Waals surface area contributed by atoms with Gasteiger partial charge in [-0.05, 0) is 37.0 Å². The van der Waals surface area contributed by atoms with Gasteiger partial charge in [-0.1, -0.05) is 89.8 Å². The van der Waals surface area contributed by atoms with Gasteiger partial charge in [0.2, 0.25) is 0 Å². The monoisotopic (exact) mass is 348 g/mol. The molecule has 0 aromatic carbocycles. The average molecular weight is 349 g/mol. The van der Waals surface area contributed by atoms with Crippen LogP contribution in [-0.4, -0.2) is 22.4 Å². The van der Waals surface area contributed by atoms with Gasteiger partial charge in [0.15, 0.2) is 0 Å². The maximum Gasteiger partial charge on any atom is 0.0771 e. The Bertz CT molecular complexity index is 447. The number of allylic oxidation sites excluding steroid dienone is 2. The molecular formula is C23H40O2. The second-order valence-electron chi connectivity index (χ2n) is 8.38. The Balaban J connectivity index is 2.68. The van der Waals surface area contributed by atoms with Crippen molar-refractivity contribution in [2.45, 2.75) is 91.3 Å². The molecule has 1 aliphatic carbocycles. The predicted molar refractivity (Wildman–Crippen MR) is 108 cm³/mol. The Kier molecular flexibility index (Phi) is 9.74. The van der Waals surface area contributed by atoms with Gasteiger partial charge in [0, 0.05) is 5.92 Å². The highest BCUT2D eigenvalue weighted by Gasteiger charge is 2.35. The Hall–Kier alpha value is -0.860. The minimum absolute atomic E-state index is 0.0694. The molecule has 0 aromatic heterocycles. The zero-order valence-corrected chi connectivity index (χ0v) is 16.9. The van der Waals surface area contributed by atoms with Crippen molar-refractivity contribution < 1.29 is 10.2 Å². The Morgan fingerprint density at radius 3 is 2.52 bits per heavy atom. The molecule has 1 fully saturated rings. The summed E-state index contributed by atoms with van der Waals surface area (Å²) in [6.07, 6.45) is 16.1. The number of rotatable bonds is 11. The standard InChI is InChI=1S/C23H40O2/c1-6-8-10-11-12-13-19-18(3)17-21(24)20(19)14-15-22(25)23(4,5)16-9-7-2/h11-12,14-15,19-22,24-25H,3,6-10,13,16-17H2,1-2,4-5H3/t19?,20-,21?,22?/m1/s1. The Labute approximate surface area is 155 Å². The van der Waals surface area contributed by atoms with Crippen molar-refractivity contribution in [3.63, 3.8) is 0 Å². The van der Waals surface area contributed by atoms with E-state index in [1.165, 1.54) is 12.8 Å². The van der Waals surface area contributed by atoms with Crippen molar-refractivity contribution in [3.8, 4) is 0 Å². The van der Waals surface area contributed by atoms with Crippen LogP contribution in [0.1, 0.15) is 79.1 Å². The highest BCUT2D eigenvalue weighted by molar-refractivity contribution is 5.19. The first-order valence-corrected chi connectivity index (χ1v) is 10.2. The van der Waals surface area contributed by atoms with Crippen molar-refractivity contribution in [1.82, 2.24) is 0 Å². The van der Waals surface area contributed by atoms with E-state index < -0.39 is 6.10 Å². The third-order valence-electron chi connectivity index (χ3n) is 5.68. The third-order valence-corrected chi connectivity index (χ3v) is 5.68. The lowest BCUT2D eigenvalue weighted by atomic mass is 9.80. The molecule has 2 heteroatoms. The average Bonchev–Trinajstić information content (AvgIpc) is 2.83. The summed E-state index contributed by atoms with van der Waals surface area (Å²) in [5, 5.41) is 21.0. The molecule has 144 valence electrons. The van der Waals surface area contributed by atoms with E-state index in [9.17, 15) is 10.2 Å². The third kappa shape index (κ3) is 7.11. The summed E-state index contributed by atoms with van der Waals surface area (Å²) in [7, 11) is 0. The first-order valence-electron chi connectivity index (χ1n) is 10.2. The van der Waals surface area contributed by atoms with Gasteiger partial charge in [-0.3, -0.25) is 0 Å². The molecule has 0 saturated heterocycles. The van der Waals surface area contributed by atoms with Crippen LogP contribution in [0.25, 0.3) is 0 Å². The Morgan fingerprint density at radius 2 is 1.88 bits per heavy atom. The molecule has 0 radical (unpaired) electrons. The van der Waals surface area contributed by atoms with E-state index in [0.717, 1.165) is 37.7 Å². The van der Waals surface area contributed by atoms with Gasteiger partial charge in [0.1, 0.15) is 0 Å². The fraction of sp³-hybridized carbons (Fsp3) is 0.739. The van der Waals surface area contributed by atoms with E-state index in [-0.39, 0.29) is 23.4 Å². The molecule has 3 unspecified atom stereocenters. The number of unbranched alkanes of at least 4 members (excludes halogenated alkanes) is 3. The van der Waals surface area contributed by atoms with E-state index in [4.69, 9.17) is 0 Å². The van der Waals surface area contributed by atoms with Crippen molar-refractivity contribution in [2.24, 2.45) is 17.3 Å². The largest absolute Gasteiger partial charge is 0.392 e. The molecule has 25 heavy (non-hydrogen) atoms. The highest BCUT2D eigenvalue weighted by Crippen LogP contribution is 2.40. The predicted octanol–water partition coefficient (Wildman–Crippen LogP) is 5.81. The lowest BCUT2D eigenvalue weighted by Crippen LogP contribution is -2.28. The van der Waals surface area contributed by atoms with Gasteiger partial charge in [-0.15, -0.1) is 0 Å². The quantitative estimate of drug-likeness (QED) is 0.365. The summed E-state index contributed by atoms with van der Waals surface area (Å²) in [5.74, 6) is 0.357. The normalized spacial score (nSPS) is 26.2. The van der Waals surface area contributed by atoms with E-state index in [1.807, 2.05) is 12.2 Å². The van der Waals surface area contributed by atoms with E-state index in [2.05, 4.69) is 46.4 Å². The second kappa shape index (κ2) is 11.0. The van der Waals surface area contributed by atoms with E-state index >= 15 is 0 Å². The van der Waals surface area contributed by atoms with Crippen LogP contribution < -0.4 is 0 Å². The van der Waals surface area contributed by atoms with E-state index in [1.54, 1.807) is 0 Å². The molecule has 2 nitrogen and oxygen atoms in total. The molecule has 1 aliphatic rings.